The number of ether oxygens (including phenoxy) is 1. The number of carbonyl (C=O) groups is 2. The van der Waals surface area contributed by atoms with Gasteiger partial charge in [0.1, 0.15) is 6.04 Å². The van der Waals surface area contributed by atoms with Crippen molar-refractivity contribution in [1.29, 1.82) is 0 Å². The molecule has 5 nitrogen and oxygen atoms in total. The summed E-state index contributed by atoms with van der Waals surface area (Å²) in [5.74, 6) is -0.818. The molecule has 0 aliphatic carbocycles. The highest BCUT2D eigenvalue weighted by atomic mass is 19.4. The molecular formula is C23H23F5N2O3. The quantitative estimate of drug-likeness (QED) is 0.580. The predicted molar refractivity (Wildman–Crippen MR) is 109 cm³/mol. The van der Waals surface area contributed by atoms with Gasteiger partial charge in [-0.25, -0.2) is 8.78 Å². The molecule has 1 fully saturated rings. The Balaban J connectivity index is 1.88. The average molecular weight is 470 g/mol. The van der Waals surface area contributed by atoms with Crippen LogP contribution in [0.1, 0.15) is 55.1 Å². The summed E-state index contributed by atoms with van der Waals surface area (Å²) in [4.78, 5) is 24.0. The standard InChI is InChI=1S/C23H23F5N2O3/c1-13(15-8-16(20(24)25)10-18(9-15)23(26,27)28)33-12-22(17-6-4-3-5-7-17)11-19(21(32)30-22)29-14(2)31/h3-10,13,19-20H,11-12H2,1-2H3,(H,29,31)(H,30,32)/t13-,19+,22-/m1/s1. The van der Waals surface area contributed by atoms with Crippen LogP contribution < -0.4 is 10.6 Å². The first-order chi connectivity index (χ1) is 15.4. The SMILES string of the molecule is CC(=O)N[C@H]1C[C@@](CO[C@H](C)c2cc(C(F)F)cc(C(F)(F)F)c2)(c2ccccc2)NC1=O. The van der Waals surface area contributed by atoms with Gasteiger partial charge < -0.3 is 15.4 Å². The van der Waals surface area contributed by atoms with Crippen LogP contribution in [0.15, 0.2) is 48.5 Å². The van der Waals surface area contributed by atoms with Gasteiger partial charge in [-0.3, -0.25) is 9.59 Å². The molecule has 3 atom stereocenters. The number of benzene rings is 2. The van der Waals surface area contributed by atoms with E-state index in [0.29, 0.717) is 11.6 Å². The summed E-state index contributed by atoms with van der Waals surface area (Å²) in [6, 6.07) is 10.1. The first-order valence-electron chi connectivity index (χ1n) is 10.2. The van der Waals surface area contributed by atoms with Crippen molar-refractivity contribution < 1.29 is 36.3 Å². The zero-order chi connectivity index (χ0) is 24.4. The number of nitrogens with one attached hydrogen (secondary N) is 2. The van der Waals surface area contributed by atoms with Crippen LogP contribution in [0, 0.1) is 0 Å². The van der Waals surface area contributed by atoms with E-state index >= 15 is 0 Å². The second kappa shape index (κ2) is 9.46. The summed E-state index contributed by atoms with van der Waals surface area (Å²) in [5.41, 5.74) is -2.40. The lowest BCUT2D eigenvalue weighted by Gasteiger charge is -2.31. The molecule has 0 aromatic heterocycles. The Labute approximate surface area is 187 Å². The minimum absolute atomic E-state index is 0.0638. The van der Waals surface area contributed by atoms with Crippen molar-refractivity contribution >= 4 is 11.8 Å². The Hall–Kier alpha value is -3.01. The minimum atomic E-state index is -4.80. The molecule has 33 heavy (non-hydrogen) atoms. The van der Waals surface area contributed by atoms with Gasteiger partial charge in [0.05, 0.1) is 23.8 Å². The molecule has 1 aliphatic rings. The number of halogens is 5. The fourth-order valence-electron chi connectivity index (χ4n) is 3.87. The van der Waals surface area contributed by atoms with Crippen LogP contribution in [0.25, 0.3) is 0 Å². The lowest BCUT2D eigenvalue weighted by Crippen LogP contribution is -2.43. The van der Waals surface area contributed by atoms with E-state index in [1.165, 1.54) is 13.8 Å². The summed E-state index contributed by atoms with van der Waals surface area (Å²) in [5, 5.41) is 5.40. The van der Waals surface area contributed by atoms with E-state index in [1.54, 1.807) is 30.3 Å². The van der Waals surface area contributed by atoms with Gasteiger partial charge >= 0.3 is 6.18 Å². The van der Waals surface area contributed by atoms with Crippen molar-refractivity contribution in [2.45, 2.75) is 50.6 Å². The Morgan fingerprint density at radius 1 is 1.18 bits per heavy atom. The van der Waals surface area contributed by atoms with Crippen LogP contribution in [0.3, 0.4) is 0 Å². The Morgan fingerprint density at radius 2 is 1.82 bits per heavy atom. The highest BCUT2D eigenvalue weighted by molar-refractivity contribution is 5.89. The molecule has 0 bridgehead atoms. The third-order valence-electron chi connectivity index (χ3n) is 5.54. The van der Waals surface area contributed by atoms with Gasteiger partial charge in [0, 0.05) is 18.9 Å². The molecule has 2 aromatic carbocycles. The van der Waals surface area contributed by atoms with Crippen molar-refractivity contribution in [3.63, 3.8) is 0 Å². The van der Waals surface area contributed by atoms with Gasteiger partial charge in [0.25, 0.3) is 6.43 Å². The number of amides is 2. The van der Waals surface area contributed by atoms with E-state index < -0.39 is 53.2 Å². The number of rotatable bonds is 7. The second-order valence-electron chi connectivity index (χ2n) is 8.03. The van der Waals surface area contributed by atoms with Crippen LogP contribution in [0.2, 0.25) is 0 Å². The van der Waals surface area contributed by atoms with E-state index in [-0.39, 0.29) is 18.6 Å². The summed E-state index contributed by atoms with van der Waals surface area (Å²) in [7, 11) is 0. The van der Waals surface area contributed by atoms with Gasteiger partial charge in [0.2, 0.25) is 11.8 Å². The third-order valence-corrected chi connectivity index (χ3v) is 5.54. The molecule has 3 rings (SSSR count). The molecular weight excluding hydrogens is 447 g/mol. The van der Waals surface area contributed by atoms with Crippen molar-refractivity contribution in [2.75, 3.05) is 6.61 Å². The highest BCUT2D eigenvalue weighted by Gasteiger charge is 2.46. The lowest BCUT2D eigenvalue weighted by molar-refractivity contribution is -0.137. The van der Waals surface area contributed by atoms with Crippen molar-refractivity contribution in [1.82, 2.24) is 10.6 Å². The lowest BCUT2D eigenvalue weighted by atomic mass is 9.88. The normalized spacial score (nSPS) is 21.7. The molecule has 2 aromatic rings. The highest BCUT2D eigenvalue weighted by Crippen LogP contribution is 2.37. The summed E-state index contributed by atoms with van der Waals surface area (Å²) in [6.07, 6.45) is -8.72. The fourth-order valence-corrected chi connectivity index (χ4v) is 3.87. The molecule has 0 saturated carbocycles. The van der Waals surface area contributed by atoms with Crippen molar-refractivity contribution in [3.8, 4) is 0 Å². The van der Waals surface area contributed by atoms with Crippen molar-refractivity contribution in [3.05, 3.63) is 70.8 Å². The van der Waals surface area contributed by atoms with Crippen LogP contribution in [0.5, 0.6) is 0 Å². The van der Waals surface area contributed by atoms with Crippen LogP contribution >= 0.6 is 0 Å². The molecule has 10 heteroatoms. The fraction of sp³-hybridized carbons (Fsp3) is 0.391. The van der Waals surface area contributed by atoms with E-state index in [1.807, 2.05) is 0 Å². The third kappa shape index (κ3) is 5.68. The first-order valence-corrected chi connectivity index (χ1v) is 10.2. The molecule has 1 heterocycles. The van der Waals surface area contributed by atoms with Gasteiger partial charge in [0.15, 0.2) is 0 Å². The maximum atomic E-state index is 13.2. The number of hydrogen-bond donors (Lipinski definition) is 2. The Morgan fingerprint density at radius 3 is 2.39 bits per heavy atom. The average Bonchev–Trinajstić information content (AvgIpc) is 3.07. The Bertz CT molecular complexity index is 1010. The van der Waals surface area contributed by atoms with Gasteiger partial charge in [-0.1, -0.05) is 30.3 Å². The van der Waals surface area contributed by atoms with Crippen LogP contribution in [-0.2, 0) is 26.0 Å². The monoisotopic (exact) mass is 470 g/mol. The van der Waals surface area contributed by atoms with Gasteiger partial charge in [-0.15, -0.1) is 0 Å². The van der Waals surface area contributed by atoms with Crippen LogP contribution in [0.4, 0.5) is 22.0 Å². The molecule has 178 valence electrons. The van der Waals surface area contributed by atoms with Crippen LogP contribution in [-0.4, -0.2) is 24.5 Å². The number of hydrogen-bond acceptors (Lipinski definition) is 3. The molecule has 1 aliphatic heterocycles. The molecule has 0 spiro atoms. The number of carbonyl (C=O) groups excluding carboxylic acids is 2. The summed E-state index contributed by atoms with van der Waals surface area (Å²) >= 11 is 0. The van der Waals surface area contributed by atoms with E-state index in [9.17, 15) is 31.5 Å². The van der Waals surface area contributed by atoms with E-state index in [0.717, 1.165) is 12.1 Å². The van der Waals surface area contributed by atoms with Gasteiger partial charge in [-0.05, 0) is 36.2 Å². The Kier molecular flexibility index (Phi) is 7.06. The molecule has 0 radical (unpaired) electrons. The van der Waals surface area contributed by atoms with E-state index in [2.05, 4.69) is 10.6 Å². The van der Waals surface area contributed by atoms with E-state index in [4.69, 9.17) is 4.74 Å². The molecule has 2 amide bonds. The number of alkyl halides is 5. The first kappa shape index (κ1) is 24.6. The zero-order valence-corrected chi connectivity index (χ0v) is 17.9. The predicted octanol–water partition coefficient (Wildman–Crippen LogP) is 4.64. The topological polar surface area (TPSA) is 67.4 Å². The molecule has 2 N–H and O–H groups in total. The minimum Gasteiger partial charge on any atom is -0.371 e. The maximum absolute atomic E-state index is 13.2. The largest absolute Gasteiger partial charge is 0.416 e. The summed E-state index contributed by atoms with van der Waals surface area (Å²) < 4.78 is 71.9. The van der Waals surface area contributed by atoms with Gasteiger partial charge in [-0.2, -0.15) is 13.2 Å². The zero-order valence-electron chi connectivity index (χ0n) is 17.9. The molecule has 1 saturated heterocycles. The second-order valence-corrected chi connectivity index (χ2v) is 8.03. The maximum Gasteiger partial charge on any atom is 0.416 e. The smallest absolute Gasteiger partial charge is 0.371 e. The van der Waals surface area contributed by atoms with Crippen molar-refractivity contribution in [2.24, 2.45) is 0 Å². The molecule has 0 unspecified atom stereocenters. The summed E-state index contributed by atoms with van der Waals surface area (Å²) in [6.45, 7) is 2.58.